The van der Waals surface area contributed by atoms with Gasteiger partial charge in [-0.25, -0.2) is 0 Å². The lowest BCUT2D eigenvalue weighted by molar-refractivity contribution is 0.0644. The zero-order valence-corrected chi connectivity index (χ0v) is 12.8. The van der Waals surface area contributed by atoms with Crippen molar-refractivity contribution in [3.8, 4) is 0 Å². The van der Waals surface area contributed by atoms with Gasteiger partial charge in [0, 0.05) is 37.6 Å². The molecule has 1 rings (SSSR count). The SMILES string of the molecule is CC(C)N(C(=O)c1cc(N)ccc1N(C)C)C(C)C. The van der Waals surface area contributed by atoms with Crippen LogP contribution < -0.4 is 10.6 Å². The molecule has 0 spiro atoms. The van der Waals surface area contributed by atoms with Crippen molar-refractivity contribution in [3.63, 3.8) is 0 Å². The number of hydrogen-bond acceptors (Lipinski definition) is 3. The molecular weight excluding hydrogens is 238 g/mol. The lowest BCUT2D eigenvalue weighted by atomic mass is 10.1. The second kappa shape index (κ2) is 5.95. The van der Waals surface area contributed by atoms with E-state index in [9.17, 15) is 4.79 Å². The summed E-state index contributed by atoms with van der Waals surface area (Å²) in [7, 11) is 3.86. The van der Waals surface area contributed by atoms with Crippen LogP contribution in [0.25, 0.3) is 0 Å². The highest BCUT2D eigenvalue weighted by Crippen LogP contribution is 2.24. The zero-order chi connectivity index (χ0) is 14.7. The fourth-order valence-corrected chi connectivity index (χ4v) is 2.32. The summed E-state index contributed by atoms with van der Waals surface area (Å²) in [5.74, 6) is 0.0287. The lowest BCUT2D eigenvalue weighted by Crippen LogP contribution is -2.42. The average Bonchev–Trinajstić information content (AvgIpc) is 2.27. The van der Waals surface area contributed by atoms with Gasteiger partial charge in [0.1, 0.15) is 0 Å². The van der Waals surface area contributed by atoms with E-state index in [1.807, 2.05) is 63.7 Å². The van der Waals surface area contributed by atoms with E-state index in [4.69, 9.17) is 5.73 Å². The predicted octanol–water partition coefficient (Wildman–Crippen LogP) is 2.59. The maximum Gasteiger partial charge on any atom is 0.256 e. The van der Waals surface area contributed by atoms with E-state index in [0.29, 0.717) is 11.3 Å². The molecule has 0 saturated heterocycles. The Balaban J connectivity index is 3.27. The van der Waals surface area contributed by atoms with Crippen LogP contribution in [0.1, 0.15) is 38.1 Å². The quantitative estimate of drug-likeness (QED) is 0.849. The Morgan fingerprint density at radius 1 is 1.11 bits per heavy atom. The van der Waals surface area contributed by atoms with Gasteiger partial charge in [0.05, 0.1) is 5.56 Å². The van der Waals surface area contributed by atoms with Gasteiger partial charge in [-0.15, -0.1) is 0 Å². The van der Waals surface area contributed by atoms with Crippen molar-refractivity contribution in [1.82, 2.24) is 4.90 Å². The molecule has 0 aliphatic heterocycles. The van der Waals surface area contributed by atoms with Crippen LogP contribution in [0.2, 0.25) is 0 Å². The Morgan fingerprint density at radius 2 is 1.63 bits per heavy atom. The minimum Gasteiger partial charge on any atom is -0.399 e. The van der Waals surface area contributed by atoms with E-state index in [2.05, 4.69) is 0 Å². The van der Waals surface area contributed by atoms with E-state index in [1.54, 1.807) is 6.07 Å². The number of carbonyl (C=O) groups excluding carboxylic acids is 1. The van der Waals surface area contributed by atoms with E-state index in [-0.39, 0.29) is 18.0 Å². The summed E-state index contributed by atoms with van der Waals surface area (Å²) in [6.45, 7) is 8.11. The largest absolute Gasteiger partial charge is 0.399 e. The van der Waals surface area contributed by atoms with Crippen molar-refractivity contribution in [2.45, 2.75) is 39.8 Å². The topological polar surface area (TPSA) is 49.6 Å². The summed E-state index contributed by atoms with van der Waals surface area (Å²) in [5, 5.41) is 0. The average molecular weight is 263 g/mol. The third-order valence-corrected chi connectivity index (χ3v) is 3.08. The second-order valence-corrected chi connectivity index (χ2v) is 5.57. The molecule has 0 radical (unpaired) electrons. The van der Waals surface area contributed by atoms with Gasteiger partial charge in [-0.1, -0.05) is 0 Å². The first-order valence-electron chi connectivity index (χ1n) is 6.65. The maximum atomic E-state index is 12.7. The van der Waals surface area contributed by atoms with Gasteiger partial charge in [-0.2, -0.15) is 0 Å². The molecule has 0 heterocycles. The predicted molar refractivity (Wildman–Crippen MR) is 81.6 cm³/mol. The van der Waals surface area contributed by atoms with E-state index >= 15 is 0 Å². The standard InChI is InChI=1S/C15H25N3O/c1-10(2)18(11(3)4)15(19)13-9-12(16)7-8-14(13)17(5)6/h7-11H,16H2,1-6H3. The van der Waals surface area contributed by atoms with Crippen LogP contribution in [0.3, 0.4) is 0 Å². The Morgan fingerprint density at radius 3 is 2.05 bits per heavy atom. The van der Waals surface area contributed by atoms with Gasteiger partial charge in [-0.3, -0.25) is 4.79 Å². The van der Waals surface area contributed by atoms with Gasteiger partial charge in [0.25, 0.3) is 5.91 Å². The minimum absolute atomic E-state index is 0.0287. The molecule has 0 bridgehead atoms. The highest BCUT2D eigenvalue weighted by Gasteiger charge is 2.24. The molecule has 1 amide bonds. The monoisotopic (exact) mass is 263 g/mol. The molecule has 1 aromatic carbocycles. The molecule has 0 unspecified atom stereocenters. The van der Waals surface area contributed by atoms with Gasteiger partial charge < -0.3 is 15.5 Å². The van der Waals surface area contributed by atoms with Crippen LogP contribution >= 0.6 is 0 Å². The normalized spacial score (nSPS) is 10.9. The number of amides is 1. The van der Waals surface area contributed by atoms with Crippen molar-refractivity contribution in [1.29, 1.82) is 0 Å². The molecule has 4 heteroatoms. The molecule has 0 atom stereocenters. The van der Waals surface area contributed by atoms with Gasteiger partial charge >= 0.3 is 0 Å². The maximum absolute atomic E-state index is 12.7. The van der Waals surface area contributed by atoms with Crippen molar-refractivity contribution in [2.24, 2.45) is 0 Å². The van der Waals surface area contributed by atoms with Gasteiger partial charge in [0.2, 0.25) is 0 Å². The Kier molecular flexibility index (Phi) is 4.81. The highest BCUT2D eigenvalue weighted by atomic mass is 16.2. The van der Waals surface area contributed by atoms with Crippen molar-refractivity contribution >= 4 is 17.3 Å². The van der Waals surface area contributed by atoms with Crippen LogP contribution in [0, 0.1) is 0 Å². The first-order valence-corrected chi connectivity index (χ1v) is 6.65. The molecule has 0 aromatic heterocycles. The first kappa shape index (κ1) is 15.3. The van der Waals surface area contributed by atoms with Crippen LogP contribution in [-0.2, 0) is 0 Å². The summed E-state index contributed by atoms with van der Waals surface area (Å²) in [6, 6.07) is 5.78. The molecule has 0 aliphatic carbocycles. The lowest BCUT2D eigenvalue weighted by Gasteiger charge is -2.32. The minimum atomic E-state index is 0.0287. The van der Waals surface area contributed by atoms with Crippen LogP contribution in [0.4, 0.5) is 11.4 Å². The number of nitrogens with zero attached hydrogens (tertiary/aromatic N) is 2. The summed E-state index contributed by atoms with van der Waals surface area (Å²) >= 11 is 0. The number of anilines is 2. The summed E-state index contributed by atoms with van der Waals surface area (Å²) in [4.78, 5) is 16.6. The summed E-state index contributed by atoms with van der Waals surface area (Å²) in [5.41, 5.74) is 7.99. The van der Waals surface area contributed by atoms with Gasteiger partial charge in [0.15, 0.2) is 0 Å². The number of nitrogen functional groups attached to an aromatic ring is 1. The Labute approximate surface area is 116 Å². The Hall–Kier alpha value is -1.71. The van der Waals surface area contributed by atoms with Crippen molar-refractivity contribution in [2.75, 3.05) is 24.7 Å². The Bertz CT molecular complexity index is 445. The molecule has 0 fully saturated rings. The smallest absolute Gasteiger partial charge is 0.256 e. The molecule has 2 N–H and O–H groups in total. The molecule has 1 aromatic rings. The third-order valence-electron chi connectivity index (χ3n) is 3.08. The number of nitrogens with two attached hydrogens (primary N) is 1. The molecule has 0 aliphatic rings. The van der Waals surface area contributed by atoms with Crippen LogP contribution in [0.5, 0.6) is 0 Å². The van der Waals surface area contributed by atoms with Crippen LogP contribution in [-0.4, -0.2) is 37.0 Å². The number of rotatable bonds is 4. The molecule has 0 saturated carbocycles. The molecular formula is C15H25N3O. The van der Waals surface area contributed by atoms with E-state index in [0.717, 1.165) is 5.69 Å². The van der Waals surface area contributed by atoms with Crippen molar-refractivity contribution in [3.05, 3.63) is 23.8 Å². The summed E-state index contributed by atoms with van der Waals surface area (Å²) < 4.78 is 0. The second-order valence-electron chi connectivity index (χ2n) is 5.57. The molecule has 19 heavy (non-hydrogen) atoms. The van der Waals surface area contributed by atoms with Crippen LogP contribution in [0.15, 0.2) is 18.2 Å². The number of benzene rings is 1. The molecule has 4 nitrogen and oxygen atoms in total. The third kappa shape index (κ3) is 3.40. The first-order chi connectivity index (χ1) is 8.75. The fraction of sp³-hybridized carbons (Fsp3) is 0.533. The zero-order valence-electron chi connectivity index (χ0n) is 12.8. The van der Waals surface area contributed by atoms with E-state index < -0.39 is 0 Å². The highest BCUT2D eigenvalue weighted by molar-refractivity contribution is 6.01. The number of carbonyl (C=O) groups is 1. The van der Waals surface area contributed by atoms with Crippen molar-refractivity contribution < 1.29 is 4.79 Å². The van der Waals surface area contributed by atoms with E-state index in [1.165, 1.54) is 0 Å². The van der Waals surface area contributed by atoms with Gasteiger partial charge in [-0.05, 0) is 45.9 Å². The summed E-state index contributed by atoms with van der Waals surface area (Å²) in [6.07, 6.45) is 0. The molecule has 106 valence electrons. The fourth-order valence-electron chi connectivity index (χ4n) is 2.32. The number of hydrogen-bond donors (Lipinski definition) is 1.